The molecule has 5 rings (SSSR count). The molecule has 1 aliphatic carbocycles. The van der Waals surface area contributed by atoms with Gasteiger partial charge in [-0.15, -0.1) is 11.3 Å². The number of thiophene rings is 1. The van der Waals surface area contributed by atoms with Crippen LogP contribution in [0.3, 0.4) is 0 Å². The van der Waals surface area contributed by atoms with Gasteiger partial charge >= 0.3 is 0 Å². The summed E-state index contributed by atoms with van der Waals surface area (Å²) >= 11 is 1.80. The summed E-state index contributed by atoms with van der Waals surface area (Å²) < 4.78 is 5.48. The highest BCUT2D eigenvalue weighted by molar-refractivity contribution is 7.19. The molecule has 3 aromatic rings. The molecule has 0 spiro atoms. The second-order valence-corrected chi connectivity index (χ2v) is 9.92. The lowest BCUT2D eigenvalue weighted by atomic mass is 9.97. The SMILES string of the molecule is CC(Nc1nc(CN2CCOCC2)nc2sc3c(c12)CCCC3)C(=O)NCc1ccccc1. The van der Waals surface area contributed by atoms with Crippen LogP contribution >= 0.6 is 11.3 Å². The van der Waals surface area contributed by atoms with Crippen LogP contribution in [0.15, 0.2) is 30.3 Å². The number of benzene rings is 1. The van der Waals surface area contributed by atoms with Crippen LogP contribution in [0.4, 0.5) is 5.82 Å². The molecule has 0 bridgehead atoms. The van der Waals surface area contributed by atoms with E-state index in [-0.39, 0.29) is 5.91 Å². The fourth-order valence-electron chi connectivity index (χ4n) is 4.54. The molecule has 1 fully saturated rings. The van der Waals surface area contributed by atoms with Gasteiger partial charge in [0.05, 0.1) is 25.1 Å². The molecule has 1 amide bonds. The summed E-state index contributed by atoms with van der Waals surface area (Å²) in [5.41, 5.74) is 2.46. The van der Waals surface area contributed by atoms with E-state index in [0.29, 0.717) is 13.1 Å². The van der Waals surface area contributed by atoms with E-state index in [0.717, 1.165) is 66.6 Å². The Morgan fingerprint density at radius 1 is 1.15 bits per heavy atom. The second kappa shape index (κ2) is 10.2. The number of carbonyl (C=O) groups excluding carboxylic acids is 1. The van der Waals surface area contributed by atoms with Crippen LogP contribution in [0.2, 0.25) is 0 Å². The quantitative estimate of drug-likeness (QED) is 0.556. The number of anilines is 1. The average Bonchev–Trinajstić information content (AvgIpc) is 3.22. The molecule has 174 valence electrons. The first-order chi connectivity index (χ1) is 16.2. The first-order valence-electron chi connectivity index (χ1n) is 11.9. The van der Waals surface area contributed by atoms with Gasteiger partial charge in [-0.05, 0) is 43.7 Å². The number of aromatic nitrogens is 2. The summed E-state index contributed by atoms with van der Waals surface area (Å²) in [6, 6.07) is 9.57. The summed E-state index contributed by atoms with van der Waals surface area (Å²) in [4.78, 5) is 27.5. The minimum Gasteiger partial charge on any atom is -0.379 e. The van der Waals surface area contributed by atoms with Crippen molar-refractivity contribution in [3.8, 4) is 0 Å². The van der Waals surface area contributed by atoms with Gasteiger partial charge in [-0.2, -0.15) is 0 Å². The van der Waals surface area contributed by atoms with E-state index in [1.807, 2.05) is 37.3 Å². The number of hydrogen-bond acceptors (Lipinski definition) is 7. The molecule has 8 heteroatoms. The summed E-state index contributed by atoms with van der Waals surface area (Å²) in [6.07, 6.45) is 4.60. The molecule has 2 aliphatic rings. The van der Waals surface area contributed by atoms with Gasteiger partial charge in [0.1, 0.15) is 22.5 Å². The molecule has 2 aromatic heterocycles. The molecule has 0 saturated carbocycles. The zero-order chi connectivity index (χ0) is 22.6. The molecule has 1 saturated heterocycles. The van der Waals surface area contributed by atoms with Crippen LogP contribution in [-0.2, 0) is 35.5 Å². The van der Waals surface area contributed by atoms with Crippen molar-refractivity contribution in [2.45, 2.75) is 51.7 Å². The van der Waals surface area contributed by atoms with E-state index in [1.54, 1.807) is 11.3 Å². The maximum absolute atomic E-state index is 12.8. The van der Waals surface area contributed by atoms with Crippen LogP contribution in [0.25, 0.3) is 10.2 Å². The maximum Gasteiger partial charge on any atom is 0.242 e. The van der Waals surface area contributed by atoms with Crippen LogP contribution in [0, 0.1) is 0 Å². The number of nitrogens with one attached hydrogen (secondary N) is 2. The van der Waals surface area contributed by atoms with Crippen LogP contribution in [0.1, 0.15) is 41.6 Å². The average molecular weight is 466 g/mol. The zero-order valence-corrected chi connectivity index (χ0v) is 19.9. The van der Waals surface area contributed by atoms with Crippen molar-refractivity contribution in [1.29, 1.82) is 0 Å². The van der Waals surface area contributed by atoms with Crippen LogP contribution < -0.4 is 10.6 Å². The number of nitrogens with zero attached hydrogens (tertiary/aromatic N) is 3. The van der Waals surface area contributed by atoms with Crippen molar-refractivity contribution >= 4 is 33.3 Å². The van der Waals surface area contributed by atoms with Gasteiger partial charge in [0.15, 0.2) is 0 Å². The molecule has 1 unspecified atom stereocenters. The summed E-state index contributed by atoms with van der Waals surface area (Å²) in [5.74, 6) is 1.57. The molecular formula is C25H31N5O2S. The van der Waals surface area contributed by atoms with Gasteiger partial charge in [0.25, 0.3) is 0 Å². The fourth-order valence-corrected chi connectivity index (χ4v) is 5.82. The Kier molecular flexibility index (Phi) is 6.85. The predicted octanol–water partition coefficient (Wildman–Crippen LogP) is 3.52. The third-order valence-electron chi connectivity index (χ3n) is 6.39. The highest BCUT2D eigenvalue weighted by Gasteiger charge is 2.24. The topological polar surface area (TPSA) is 79.4 Å². The highest BCUT2D eigenvalue weighted by atomic mass is 32.1. The van der Waals surface area contributed by atoms with Crippen molar-refractivity contribution in [2.75, 3.05) is 31.6 Å². The summed E-state index contributed by atoms with van der Waals surface area (Å²) in [5, 5.41) is 7.59. The highest BCUT2D eigenvalue weighted by Crippen LogP contribution is 2.39. The first-order valence-corrected chi connectivity index (χ1v) is 12.7. The molecule has 2 N–H and O–H groups in total. The predicted molar refractivity (Wildman–Crippen MR) is 132 cm³/mol. The Morgan fingerprint density at radius 2 is 1.94 bits per heavy atom. The fraction of sp³-hybridized carbons (Fsp3) is 0.480. The third kappa shape index (κ3) is 5.18. The molecule has 33 heavy (non-hydrogen) atoms. The molecule has 3 heterocycles. The third-order valence-corrected chi connectivity index (χ3v) is 7.57. The molecule has 1 aliphatic heterocycles. The molecule has 1 aromatic carbocycles. The Morgan fingerprint density at radius 3 is 2.76 bits per heavy atom. The smallest absolute Gasteiger partial charge is 0.242 e. The minimum absolute atomic E-state index is 0.0376. The molecule has 1 atom stereocenters. The Balaban J connectivity index is 1.38. The van der Waals surface area contributed by atoms with Crippen molar-refractivity contribution < 1.29 is 9.53 Å². The van der Waals surface area contributed by atoms with Crippen molar-refractivity contribution in [1.82, 2.24) is 20.2 Å². The minimum atomic E-state index is -0.401. The number of hydrogen-bond donors (Lipinski definition) is 2. The van der Waals surface area contributed by atoms with Crippen molar-refractivity contribution in [2.24, 2.45) is 0 Å². The van der Waals surface area contributed by atoms with E-state index >= 15 is 0 Å². The lowest BCUT2D eigenvalue weighted by molar-refractivity contribution is -0.121. The van der Waals surface area contributed by atoms with E-state index in [9.17, 15) is 4.79 Å². The number of aryl methyl sites for hydroxylation is 2. The van der Waals surface area contributed by atoms with Gasteiger partial charge in [0.2, 0.25) is 5.91 Å². The van der Waals surface area contributed by atoms with Crippen LogP contribution in [0.5, 0.6) is 0 Å². The Hall–Kier alpha value is -2.55. The largest absolute Gasteiger partial charge is 0.379 e. The molecule has 7 nitrogen and oxygen atoms in total. The summed E-state index contributed by atoms with van der Waals surface area (Å²) in [7, 11) is 0. The maximum atomic E-state index is 12.8. The number of amides is 1. The zero-order valence-electron chi connectivity index (χ0n) is 19.1. The van der Waals surface area contributed by atoms with Gasteiger partial charge in [-0.1, -0.05) is 30.3 Å². The van der Waals surface area contributed by atoms with Crippen LogP contribution in [-0.4, -0.2) is 53.1 Å². The van der Waals surface area contributed by atoms with Gasteiger partial charge in [-0.3, -0.25) is 9.69 Å². The lowest BCUT2D eigenvalue weighted by Crippen LogP contribution is -2.38. The normalized spacial score (nSPS) is 17.5. The lowest BCUT2D eigenvalue weighted by Gasteiger charge is -2.26. The van der Waals surface area contributed by atoms with E-state index in [4.69, 9.17) is 14.7 Å². The number of rotatable bonds is 7. The number of ether oxygens (including phenoxy) is 1. The van der Waals surface area contributed by atoms with E-state index in [2.05, 4.69) is 15.5 Å². The van der Waals surface area contributed by atoms with Crippen molar-refractivity contribution in [3.05, 3.63) is 52.2 Å². The Bertz CT molecular complexity index is 1110. The standard InChI is InChI=1S/C25H31N5O2S/c1-17(24(31)26-15-18-7-3-2-4-8-18)27-23-22-19-9-5-6-10-20(19)33-25(22)29-21(28-23)16-30-11-13-32-14-12-30/h2-4,7-8,17H,5-6,9-16H2,1H3,(H,26,31)(H,27,28,29). The molecular weight excluding hydrogens is 434 g/mol. The second-order valence-electron chi connectivity index (χ2n) is 8.84. The van der Waals surface area contributed by atoms with Crippen molar-refractivity contribution in [3.63, 3.8) is 0 Å². The monoisotopic (exact) mass is 465 g/mol. The van der Waals surface area contributed by atoms with E-state index in [1.165, 1.54) is 23.3 Å². The molecule has 0 radical (unpaired) electrons. The first kappa shape index (κ1) is 22.3. The number of morpholine rings is 1. The summed E-state index contributed by atoms with van der Waals surface area (Å²) in [6.45, 7) is 6.40. The Labute approximate surface area is 198 Å². The van der Waals surface area contributed by atoms with Gasteiger partial charge in [-0.25, -0.2) is 9.97 Å². The van der Waals surface area contributed by atoms with Gasteiger partial charge < -0.3 is 15.4 Å². The number of carbonyl (C=O) groups is 1. The van der Waals surface area contributed by atoms with E-state index < -0.39 is 6.04 Å². The van der Waals surface area contributed by atoms with Gasteiger partial charge in [0, 0.05) is 24.5 Å². The number of fused-ring (bicyclic) bond motifs is 3.